The fourth-order valence-corrected chi connectivity index (χ4v) is 3.71. The van der Waals surface area contributed by atoms with E-state index in [4.69, 9.17) is 25.8 Å². The monoisotopic (exact) mass is 428 g/mol. The highest BCUT2D eigenvalue weighted by atomic mass is 35.5. The average Bonchev–Trinajstić information content (AvgIpc) is 2.63. The molecular weight excluding hydrogens is 408 g/mol. The lowest BCUT2D eigenvalue weighted by molar-refractivity contribution is -0.114. The second-order valence-electron chi connectivity index (χ2n) is 5.56. The molecule has 0 fully saturated rings. The van der Waals surface area contributed by atoms with Crippen molar-refractivity contribution in [1.82, 2.24) is 0 Å². The first-order valence-corrected chi connectivity index (χ1v) is 10.1. The Balaban J connectivity index is 2.46. The maximum atomic E-state index is 12.9. The number of carbonyl (C=O) groups is 1. The molecule has 28 heavy (non-hydrogen) atoms. The minimum Gasteiger partial charge on any atom is -0.495 e. The number of nitrogens with one attached hydrogen (secondary N) is 2. The highest BCUT2D eigenvalue weighted by Gasteiger charge is 2.20. The molecule has 152 valence electrons. The number of sulfonamides is 1. The van der Waals surface area contributed by atoms with Crippen LogP contribution in [0, 0.1) is 0 Å². The predicted molar refractivity (Wildman–Crippen MR) is 107 cm³/mol. The van der Waals surface area contributed by atoms with Gasteiger partial charge in [-0.1, -0.05) is 11.6 Å². The molecule has 10 heteroatoms. The normalized spacial score (nSPS) is 10.9. The highest BCUT2D eigenvalue weighted by Crippen LogP contribution is 2.37. The SMILES string of the molecule is CCOc1ccc(S(=O)(=O)Nc2cc(OC)c(Cl)cc2OC)cc1NC(C)=O. The fraction of sp³-hybridized carbons (Fsp3) is 0.278. The smallest absolute Gasteiger partial charge is 0.262 e. The maximum absolute atomic E-state index is 12.9. The number of ether oxygens (including phenoxy) is 3. The van der Waals surface area contributed by atoms with Crippen LogP contribution in [0.5, 0.6) is 17.2 Å². The first kappa shape index (κ1) is 21.6. The second-order valence-corrected chi connectivity index (χ2v) is 7.65. The summed E-state index contributed by atoms with van der Waals surface area (Å²) in [5.41, 5.74) is 0.400. The third kappa shape index (κ3) is 4.99. The molecule has 8 nitrogen and oxygen atoms in total. The molecule has 0 heterocycles. The standard InChI is InChI=1S/C18H21ClN2O6S/c1-5-27-16-7-6-12(8-14(16)20-11(2)22)28(23,24)21-15-10-17(25-3)13(19)9-18(15)26-4/h6-10,21H,5H2,1-4H3,(H,20,22). The molecule has 0 saturated carbocycles. The largest absolute Gasteiger partial charge is 0.495 e. The second kappa shape index (κ2) is 9.03. The van der Waals surface area contributed by atoms with Crippen LogP contribution in [0.4, 0.5) is 11.4 Å². The minimum atomic E-state index is -4.01. The van der Waals surface area contributed by atoms with Crippen molar-refractivity contribution in [2.45, 2.75) is 18.7 Å². The Morgan fingerprint density at radius 1 is 1.04 bits per heavy atom. The van der Waals surface area contributed by atoms with Gasteiger partial charge in [0.2, 0.25) is 5.91 Å². The van der Waals surface area contributed by atoms with E-state index in [1.807, 2.05) is 0 Å². The van der Waals surface area contributed by atoms with Crippen molar-refractivity contribution in [1.29, 1.82) is 0 Å². The number of hydrogen-bond donors (Lipinski definition) is 2. The van der Waals surface area contributed by atoms with Crippen molar-refractivity contribution in [3.63, 3.8) is 0 Å². The van der Waals surface area contributed by atoms with E-state index in [0.717, 1.165) is 0 Å². The summed E-state index contributed by atoms with van der Waals surface area (Å²) in [6.07, 6.45) is 0. The third-order valence-corrected chi connectivity index (χ3v) is 5.25. The van der Waals surface area contributed by atoms with E-state index in [-0.39, 0.29) is 38.7 Å². The molecule has 2 N–H and O–H groups in total. The quantitative estimate of drug-likeness (QED) is 0.666. The van der Waals surface area contributed by atoms with Crippen LogP contribution in [0.2, 0.25) is 5.02 Å². The molecule has 0 aromatic heterocycles. The Labute approximate surface area is 168 Å². The summed E-state index contributed by atoms with van der Waals surface area (Å²) >= 11 is 6.05. The number of benzene rings is 2. The number of hydrogen-bond acceptors (Lipinski definition) is 6. The lowest BCUT2D eigenvalue weighted by atomic mass is 10.3. The zero-order valence-corrected chi connectivity index (χ0v) is 17.4. The Kier molecular flexibility index (Phi) is 6.98. The molecule has 0 atom stereocenters. The molecule has 0 bridgehead atoms. The Bertz CT molecular complexity index is 978. The number of amides is 1. The van der Waals surface area contributed by atoms with Gasteiger partial charge in [-0.2, -0.15) is 0 Å². The van der Waals surface area contributed by atoms with Crippen molar-refractivity contribution in [2.24, 2.45) is 0 Å². The van der Waals surface area contributed by atoms with E-state index < -0.39 is 10.0 Å². The van der Waals surface area contributed by atoms with Gasteiger partial charge in [-0.15, -0.1) is 0 Å². The van der Waals surface area contributed by atoms with Crippen LogP contribution in [-0.4, -0.2) is 35.2 Å². The molecule has 0 aliphatic carbocycles. The van der Waals surface area contributed by atoms with Crippen LogP contribution >= 0.6 is 11.6 Å². The van der Waals surface area contributed by atoms with Crippen molar-refractivity contribution in [3.8, 4) is 17.2 Å². The molecule has 2 aromatic rings. The van der Waals surface area contributed by atoms with Gasteiger partial charge >= 0.3 is 0 Å². The van der Waals surface area contributed by atoms with Crippen molar-refractivity contribution in [2.75, 3.05) is 30.9 Å². The van der Waals surface area contributed by atoms with Crippen molar-refractivity contribution >= 4 is 38.9 Å². The van der Waals surface area contributed by atoms with Gasteiger partial charge in [-0.05, 0) is 25.1 Å². The highest BCUT2D eigenvalue weighted by molar-refractivity contribution is 7.92. The summed E-state index contributed by atoms with van der Waals surface area (Å²) in [6.45, 7) is 3.46. The van der Waals surface area contributed by atoms with Crippen LogP contribution in [0.15, 0.2) is 35.2 Å². The van der Waals surface area contributed by atoms with E-state index in [2.05, 4.69) is 10.0 Å². The zero-order chi connectivity index (χ0) is 20.9. The van der Waals surface area contributed by atoms with Crippen molar-refractivity contribution in [3.05, 3.63) is 35.4 Å². The number of carbonyl (C=O) groups excluding carboxylic acids is 1. The van der Waals surface area contributed by atoms with E-state index in [9.17, 15) is 13.2 Å². The predicted octanol–water partition coefficient (Wildman–Crippen LogP) is 3.52. The average molecular weight is 429 g/mol. The minimum absolute atomic E-state index is 0.0735. The van der Waals surface area contributed by atoms with Gasteiger partial charge in [-0.25, -0.2) is 8.42 Å². The van der Waals surface area contributed by atoms with E-state index in [1.54, 1.807) is 6.92 Å². The van der Waals surface area contributed by atoms with Crippen LogP contribution in [0.1, 0.15) is 13.8 Å². The third-order valence-electron chi connectivity index (χ3n) is 3.59. The van der Waals surface area contributed by atoms with E-state index in [0.29, 0.717) is 12.4 Å². The lowest BCUT2D eigenvalue weighted by Gasteiger charge is -2.16. The molecule has 0 spiro atoms. The summed E-state index contributed by atoms with van der Waals surface area (Å²) < 4.78 is 43.9. The van der Waals surface area contributed by atoms with E-state index in [1.165, 1.54) is 51.5 Å². The summed E-state index contributed by atoms with van der Waals surface area (Å²) in [5.74, 6) is 0.517. The summed E-state index contributed by atoms with van der Waals surface area (Å²) in [5, 5.41) is 2.84. The Morgan fingerprint density at radius 3 is 2.29 bits per heavy atom. The van der Waals surface area contributed by atoms with Gasteiger partial charge in [0.1, 0.15) is 17.2 Å². The molecule has 1 amide bonds. The van der Waals surface area contributed by atoms with Crippen LogP contribution in [0.3, 0.4) is 0 Å². The van der Waals surface area contributed by atoms with Crippen LogP contribution < -0.4 is 24.2 Å². The van der Waals surface area contributed by atoms with Gasteiger partial charge in [0.05, 0.1) is 42.1 Å². The molecule has 0 unspecified atom stereocenters. The number of anilines is 2. The zero-order valence-electron chi connectivity index (χ0n) is 15.8. The Morgan fingerprint density at radius 2 is 1.71 bits per heavy atom. The van der Waals surface area contributed by atoms with Crippen LogP contribution in [0.25, 0.3) is 0 Å². The Hall–Kier alpha value is -2.65. The van der Waals surface area contributed by atoms with Gasteiger partial charge in [0.15, 0.2) is 0 Å². The number of rotatable bonds is 8. The molecule has 0 aliphatic rings. The molecule has 2 rings (SSSR count). The van der Waals surface area contributed by atoms with Gasteiger partial charge < -0.3 is 19.5 Å². The number of halogens is 1. The van der Waals surface area contributed by atoms with Crippen LogP contribution in [-0.2, 0) is 14.8 Å². The summed E-state index contributed by atoms with van der Waals surface area (Å²) in [7, 11) is -1.20. The lowest BCUT2D eigenvalue weighted by Crippen LogP contribution is -2.15. The molecule has 0 radical (unpaired) electrons. The fourth-order valence-electron chi connectivity index (χ4n) is 2.39. The topological polar surface area (TPSA) is 103 Å². The first-order chi connectivity index (χ1) is 13.2. The molecule has 2 aromatic carbocycles. The van der Waals surface area contributed by atoms with Gasteiger partial charge in [0.25, 0.3) is 10.0 Å². The number of methoxy groups -OCH3 is 2. The molecule has 0 aliphatic heterocycles. The van der Waals surface area contributed by atoms with Gasteiger partial charge in [0, 0.05) is 19.1 Å². The molecular formula is C18H21ClN2O6S. The molecule has 0 saturated heterocycles. The van der Waals surface area contributed by atoms with Crippen molar-refractivity contribution < 1.29 is 27.4 Å². The first-order valence-electron chi connectivity index (χ1n) is 8.20. The van der Waals surface area contributed by atoms with Gasteiger partial charge in [-0.3, -0.25) is 9.52 Å². The summed E-state index contributed by atoms with van der Waals surface area (Å²) in [4.78, 5) is 11.4. The van der Waals surface area contributed by atoms with E-state index >= 15 is 0 Å². The summed E-state index contributed by atoms with van der Waals surface area (Å²) in [6, 6.07) is 7.02. The maximum Gasteiger partial charge on any atom is 0.262 e.